The minimum Gasteiger partial charge on any atom is -0.480 e. The van der Waals surface area contributed by atoms with Crippen LogP contribution in [0.5, 0.6) is 0 Å². The number of nitrogens with two attached hydrogens (primary N) is 3. The molecule has 0 aliphatic carbocycles. The average molecular weight is 503 g/mol. The second kappa shape index (κ2) is 13.1. The molecule has 0 fully saturated rings. The third-order valence-corrected chi connectivity index (χ3v) is 5.51. The number of fused-ring (bicyclic) bond motifs is 1. The lowest BCUT2D eigenvalue weighted by Crippen LogP contribution is -2.56. The third-order valence-electron chi connectivity index (χ3n) is 5.51. The minimum absolute atomic E-state index is 0.0985. The van der Waals surface area contributed by atoms with Crippen LogP contribution < -0.4 is 33.2 Å². The summed E-state index contributed by atoms with van der Waals surface area (Å²) in [6.45, 7) is 2.94. The summed E-state index contributed by atoms with van der Waals surface area (Å²) in [5.74, 6) is -3.16. The van der Waals surface area contributed by atoms with Crippen molar-refractivity contribution in [3.05, 3.63) is 36.0 Å². The van der Waals surface area contributed by atoms with Crippen molar-refractivity contribution < 1.29 is 24.3 Å². The molecule has 0 saturated heterocycles. The van der Waals surface area contributed by atoms with Crippen LogP contribution in [0.1, 0.15) is 32.3 Å². The van der Waals surface area contributed by atoms with Gasteiger partial charge in [-0.2, -0.15) is 0 Å². The van der Waals surface area contributed by atoms with Crippen molar-refractivity contribution >= 4 is 40.6 Å². The molecule has 0 bridgehead atoms. The van der Waals surface area contributed by atoms with Crippen LogP contribution in [-0.4, -0.2) is 70.5 Å². The molecule has 4 unspecified atom stereocenters. The lowest BCUT2D eigenvalue weighted by molar-refractivity contribution is -0.141. The summed E-state index contributed by atoms with van der Waals surface area (Å²) in [6, 6.07) is 3.48. The molecule has 2 rings (SSSR count). The molecule has 36 heavy (non-hydrogen) atoms. The fourth-order valence-electron chi connectivity index (χ4n) is 3.46. The van der Waals surface area contributed by atoms with Gasteiger partial charge in [-0.1, -0.05) is 18.2 Å². The summed E-state index contributed by atoms with van der Waals surface area (Å²) < 4.78 is 0. The molecule has 1 aromatic heterocycles. The maximum atomic E-state index is 12.9. The Morgan fingerprint density at radius 3 is 2.33 bits per heavy atom. The van der Waals surface area contributed by atoms with Gasteiger partial charge in [-0.05, 0) is 44.7 Å². The first-order valence-electron chi connectivity index (χ1n) is 11.5. The highest BCUT2D eigenvalue weighted by Gasteiger charge is 2.27. The van der Waals surface area contributed by atoms with Gasteiger partial charge >= 0.3 is 5.97 Å². The van der Waals surface area contributed by atoms with Gasteiger partial charge in [-0.3, -0.25) is 24.2 Å². The Morgan fingerprint density at radius 2 is 1.67 bits per heavy atom. The van der Waals surface area contributed by atoms with Crippen molar-refractivity contribution in [3.8, 4) is 0 Å². The summed E-state index contributed by atoms with van der Waals surface area (Å²) in [5, 5.41) is 17.3. The average Bonchev–Trinajstić information content (AvgIpc) is 3.23. The van der Waals surface area contributed by atoms with Gasteiger partial charge in [0.05, 0.1) is 6.04 Å². The van der Waals surface area contributed by atoms with Crippen molar-refractivity contribution in [1.82, 2.24) is 20.9 Å². The number of aromatic amines is 1. The number of H-pyrrole nitrogens is 1. The predicted molar refractivity (Wildman–Crippen MR) is 135 cm³/mol. The topological polar surface area (TPSA) is 231 Å². The summed E-state index contributed by atoms with van der Waals surface area (Å²) in [6.07, 6.45) is 2.57. The van der Waals surface area contributed by atoms with Crippen LogP contribution in [0.4, 0.5) is 0 Å². The van der Waals surface area contributed by atoms with E-state index in [0.717, 1.165) is 16.5 Å². The van der Waals surface area contributed by atoms with E-state index in [1.165, 1.54) is 13.8 Å². The molecule has 196 valence electrons. The number of nitrogens with one attached hydrogen (secondary N) is 4. The van der Waals surface area contributed by atoms with Crippen LogP contribution >= 0.6 is 0 Å². The number of hydrogen-bond acceptors (Lipinski definition) is 6. The maximum absolute atomic E-state index is 12.9. The molecule has 11 N–H and O–H groups in total. The standard InChI is InChI=1S/C23H34N8O5/c1-12(19(32)30-13(2)22(35)36)29-21(34)18(8-5-9-27-23(25)26)31-20(33)16(24)10-14-11-28-17-7-4-3-6-15(14)17/h3-4,6-7,11-13,16,18,28H,5,8-10,24H2,1-2H3,(H,29,34)(H,30,32)(H,31,33)(H,35,36)(H4,25,26,27). The number of rotatable bonds is 13. The number of amides is 3. The summed E-state index contributed by atoms with van der Waals surface area (Å²) in [4.78, 5) is 55.9. The van der Waals surface area contributed by atoms with Gasteiger partial charge in [-0.15, -0.1) is 0 Å². The molecule has 2 aromatic rings. The number of benzene rings is 1. The highest BCUT2D eigenvalue weighted by Crippen LogP contribution is 2.18. The van der Waals surface area contributed by atoms with Crippen LogP contribution in [-0.2, 0) is 25.6 Å². The lowest BCUT2D eigenvalue weighted by Gasteiger charge is -2.23. The number of nitrogens with zero attached hydrogens (tertiary/aromatic N) is 1. The zero-order chi connectivity index (χ0) is 26.8. The SMILES string of the molecule is CC(NC(=O)C(C)NC(=O)C(CCCN=C(N)N)NC(=O)C(N)Cc1c[nH]c2ccccc12)C(=O)O. The number of aliphatic imine (C=N–C) groups is 1. The zero-order valence-electron chi connectivity index (χ0n) is 20.3. The Bertz CT molecular complexity index is 1110. The number of carbonyl (C=O) groups is 4. The monoisotopic (exact) mass is 502 g/mol. The molecule has 1 heterocycles. The quantitative estimate of drug-likeness (QED) is 0.0926. The highest BCUT2D eigenvalue weighted by molar-refractivity contribution is 5.94. The first-order chi connectivity index (χ1) is 17.0. The summed E-state index contributed by atoms with van der Waals surface area (Å²) in [7, 11) is 0. The molecule has 0 radical (unpaired) electrons. The second-order valence-electron chi connectivity index (χ2n) is 8.48. The normalized spacial score (nSPS) is 14.2. The van der Waals surface area contributed by atoms with E-state index < -0.39 is 47.9 Å². The Kier molecular flexibility index (Phi) is 10.2. The molecule has 0 spiro atoms. The lowest BCUT2D eigenvalue weighted by atomic mass is 10.0. The van der Waals surface area contributed by atoms with Crippen molar-refractivity contribution in [2.45, 2.75) is 57.3 Å². The van der Waals surface area contributed by atoms with Crippen molar-refractivity contribution in [3.63, 3.8) is 0 Å². The van der Waals surface area contributed by atoms with E-state index >= 15 is 0 Å². The summed E-state index contributed by atoms with van der Waals surface area (Å²) >= 11 is 0. The van der Waals surface area contributed by atoms with Crippen molar-refractivity contribution in [2.24, 2.45) is 22.2 Å². The first kappa shape index (κ1) is 28.1. The number of aliphatic carboxylic acids is 1. The van der Waals surface area contributed by atoms with Crippen LogP contribution in [0.2, 0.25) is 0 Å². The first-order valence-corrected chi connectivity index (χ1v) is 11.5. The van der Waals surface area contributed by atoms with Gasteiger partial charge in [-0.25, -0.2) is 0 Å². The summed E-state index contributed by atoms with van der Waals surface area (Å²) in [5.41, 5.74) is 18.6. The van der Waals surface area contributed by atoms with Crippen LogP contribution in [0.3, 0.4) is 0 Å². The third kappa shape index (κ3) is 8.27. The molecule has 4 atom stereocenters. The van der Waals surface area contributed by atoms with Crippen LogP contribution in [0.25, 0.3) is 10.9 Å². The van der Waals surface area contributed by atoms with Gasteiger partial charge in [0.15, 0.2) is 5.96 Å². The number of aromatic nitrogens is 1. The fraction of sp³-hybridized carbons (Fsp3) is 0.435. The van der Waals surface area contributed by atoms with E-state index in [-0.39, 0.29) is 25.3 Å². The molecular formula is C23H34N8O5. The molecule has 13 heteroatoms. The number of carboxylic acid groups (broad SMARTS) is 1. The van der Waals surface area contributed by atoms with Gasteiger partial charge in [0, 0.05) is 23.6 Å². The molecule has 0 saturated carbocycles. The maximum Gasteiger partial charge on any atom is 0.325 e. The Hall–Kier alpha value is -4.13. The number of carbonyl (C=O) groups excluding carboxylic acids is 3. The number of carboxylic acids is 1. The van der Waals surface area contributed by atoms with Gasteiger partial charge in [0.25, 0.3) is 0 Å². The van der Waals surface area contributed by atoms with E-state index in [4.69, 9.17) is 22.3 Å². The number of para-hydroxylation sites is 1. The number of guanidine groups is 1. The predicted octanol–water partition coefficient (Wildman–Crippen LogP) is -1.33. The highest BCUT2D eigenvalue weighted by atomic mass is 16.4. The van der Waals surface area contributed by atoms with Crippen molar-refractivity contribution in [2.75, 3.05) is 6.54 Å². The van der Waals surface area contributed by atoms with Gasteiger partial charge < -0.3 is 43.2 Å². The van der Waals surface area contributed by atoms with Crippen LogP contribution in [0, 0.1) is 0 Å². The molecule has 3 amide bonds. The minimum atomic E-state index is -1.21. The van der Waals surface area contributed by atoms with E-state index in [9.17, 15) is 19.2 Å². The van der Waals surface area contributed by atoms with E-state index in [2.05, 4.69) is 25.9 Å². The molecular weight excluding hydrogens is 468 g/mol. The fourth-order valence-corrected chi connectivity index (χ4v) is 3.46. The smallest absolute Gasteiger partial charge is 0.325 e. The Labute approximate surface area is 208 Å². The Morgan fingerprint density at radius 1 is 1.00 bits per heavy atom. The molecule has 13 nitrogen and oxygen atoms in total. The van der Waals surface area contributed by atoms with Gasteiger partial charge in [0.2, 0.25) is 17.7 Å². The largest absolute Gasteiger partial charge is 0.480 e. The van der Waals surface area contributed by atoms with E-state index in [1.54, 1.807) is 6.20 Å². The van der Waals surface area contributed by atoms with E-state index in [1.807, 2.05) is 24.3 Å². The van der Waals surface area contributed by atoms with Gasteiger partial charge in [0.1, 0.15) is 18.1 Å². The van der Waals surface area contributed by atoms with E-state index in [0.29, 0.717) is 6.42 Å². The van der Waals surface area contributed by atoms with Crippen LogP contribution in [0.15, 0.2) is 35.5 Å². The zero-order valence-corrected chi connectivity index (χ0v) is 20.3. The second-order valence-corrected chi connectivity index (χ2v) is 8.48. The molecule has 0 aliphatic rings. The Balaban J connectivity index is 2.05. The molecule has 0 aliphatic heterocycles. The van der Waals surface area contributed by atoms with Crippen molar-refractivity contribution in [1.29, 1.82) is 0 Å². The number of hydrogen-bond donors (Lipinski definition) is 8. The molecule has 1 aromatic carbocycles.